The fourth-order valence-electron chi connectivity index (χ4n) is 2.38. The number of nitrogen functional groups attached to an aromatic ring is 1. The zero-order chi connectivity index (χ0) is 15.9. The number of benzene rings is 1. The average molecular weight is 317 g/mol. The van der Waals surface area contributed by atoms with Crippen LogP contribution < -0.4 is 5.73 Å². The highest BCUT2D eigenvalue weighted by atomic mass is 32.2. The van der Waals surface area contributed by atoms with Crippen molar-refractivity contribution in [2.75, 3.05) is 18.8 Å². The Kier molecular flexibility index (Phi) is 3.89. The minimum absolute atomic E-state index is 0.155. The summed E-state index contributed by atoms with van der Waals surface area (Å²) in [4.78, 5) is 9.12. The van der Waals surface area contributed by atoms with E-state index in [1.54, 1.807) is 0 Å². The predicted octanol–water partition coefficient (Wildman–Crippen LogP) is 1.59. The van der Waals surface area contributed by atoms with Gasteiger partial charge in [-0.25, -0.2) is 12.8 Å². The quantitative estimate of drug-likeness (QED) is 0.517. The summed E-state index contributed by atoms with van der Waals surface area (Å²) in [7, 11) is -4.10. The molecule has 0 aliphatic carbocycles. The summed E-state index contributed by atoms with van der Waals surface area (Å²) >= 11 is 0. The molecule has 1 aliphatic heterocycles. The molecule has 1 aromatic rings. The van der Waals surface area contributed by atoms with Gasteiger partial charge in [-0.15, -0.1) is 0 Å². The number of rotatable bonds is 3. The first-order valence-corrected chi connectivity index (χ1v) is 7.82. The van der Waals surface area contributed by atoms with Crippen LogP contribution in [0.15, 0.2) is 17.0 Å². The molecule has 0 amide bonds. The van der Waals surface area contributed by atoms with Gasteiger partial charge in [-0.3, -0.25) is 10.1 Å². The Bertz CT molecular complexity index is 659. The Morgan fingerprint density at radius 1 is 1.33 bits per heavy atom. The number of nitrogens with two attached hydrogens (primary N) is 1. The smallest absolute Gasteiger partial charge is 0.274 e. The molecule has 0 spiro atoms. The highest BCUT2D eigenvalue weighted by Gasteiger charge is 2.38. The Morgan fingerprint density at radius 3 is 2.29 bits per heavy atom. The van der Waals surface area contributed by atoms with E-state index in [-0.39, 0.29) is 24.9 Å². The van der Waals surface area contributed by atoms with Gasteiger partial charge in [-0.1, -0.05) is 13.8 Å². The first kappa shape index (κ1) is 15.6. The molecule has 0 saturated carbocycles. The van der Waals surface area contributed by atoms with Crippen molar-refractivity contribution < 1.29 is 17.7 Å². The molecule has 2 N–H and O–H groups in total. The Balaban J connectivity index is 2.49. The van der Waals surface area contributed by atoms with Crippen molar-refractivity contribution >= 4 is 21.4 Å². The molecule has 2 rings (SSSR count). The maximum atomic E-state index is 14.0. The molecule has 9 heteroatoms. The van der Waals surface area contributed by atoms with E-state index in [1.807, 2.05) is 13.8 Å². The second-order valence-electron chi connectivity index (χ2n) is 5.38. The van der Waals surface area contributed by atoms with Crippen LogP contribution in [0.3, 0.4) is 0 Å². The normalized spacial score (nSPS) is 23.4. The van der Waals surface area contributed by atoms with Gasteiger partial charge in [-0.2, -0.15) is 4.31 Å². The summed E-state index contributed by atoms with van der Waals surface area (Å²) in [5.41, 5.74) is 4.51. The summed E-state index contributed by atoms with van der Waals surface area (Å²) < 4.78 is 40.2. The topological polar surface area (TPSA) is 107 Å². The van der Waals surface area contributed by atoms with E-state index in [4.69, 9.17) is 5.73 Å². The first-order valence-electron chi connectivity index (χ1n) is 6.38. The molecule has 1 saturated heterocycles. The number of nitro benzene ring substituents is 1. The minimum atomic E-state index is -4.10. The van der Waals surface area contributed by atoms with Crippen molar-refractivity contribution in [2.45, 2.75) is 18.7 Å². The van der Waals surface area contributed by atoms with Gasteiger partial charge in [0.05, 0.1) is 16.7 Å². The van der Waals surface area contributed by atoms with Crippen LogP contribution in [0, 0.1) is 27.8 Å². The molecular formula is C12H16FN3O4S. The lowest BCUT2D eigenvalue weighted by molar-refractivity contribution is -0.385. The zero-order valence-electron chi connectivity index (χ0n) is 11.6. The third-order valence-electron chi connectivity index (χ3n) is 3.82. The van der Waals surface area contributed by atoms with E-state index in [9.17, 15) is 22.9 Å². The highest BCUT2D eigenvalue weighted by molar-refractivity contribution is 7.89. The second kappa shape index (κ2) is 5.23. The maximum Gasteiger partial charge on any atom is 0.274 e. The monoisotopic (exact) mass is 317 g/mol. The van der Waals surface area contributed by atoms with Crippen LogP contribution in [0.4, 0.5) is 15.8 Å². The SMILES string of the molecule is CC1CN(S(=O)(=O)c2c(N)cc([N+](=O)[O-])cc2F)CC1C. The number of halogens is 1. The zero-order valence-corrected chi connectivity index (χ0v) is 12.4. The van der Waals surface area contributed by atoms with Gasteiger partial charge < -0.3 is 5.73 Å². The molecular weight excluding hydrogens is 301 g/mol. The van der Waals surface area contributed by atoms with Crippen LogP contribution >= 0.6 is 0 Å². The molecule has 2 atom stereocenters. The summed E-state index contributed by atoms with van der Waals surface area (Å²) in [6.45, 7) is 4.38. The molecule has 1 fully saturated rings. The number of nitro groups is 1. The fourth-order valence-corrected chi connectivity index (χ4v) is 4.16. The third-order valence-corrected chi connectivity index (χ3v) is 5.75. The molecule has 21 heavy (non-hydrogen) atoms. The lowest BCUT2D eigenvalue weighted by Gasteiger charge is -2.17. The number of nitrogens with zero attached hydrogens (tertiary/aromatic N) is 2. The number of non-ortho nitro benzene ring substituents is 1. The van der Waals surface area contributed by atoms with Crippen molar-refractivity contribution in [1.82, 2.24) is 4.31 Å². The predicted molar refractivity (Wildman–Crippen MR) is 74.6 cm³/mol. The Labute approximate surface area is 121 Å². The number of sulfonamides is 1. The molecule has 0 radical (unpaired) electrons. The van der Waals surface area contributed by atoms with Gasteiger partial charge in [0.25, 0.3) is 5.69 Å². The van der Waals surface area contributed by atoms with Crippen LogP contribution in [-0.4, -0.2) is 30.7 Å². The fraction of sp³-hybridized carbons (Fsp3) is 0.500. The van der Waals surface area contributed by atoms with Gasteiger partial charge in [0.2, 0.25) is 10.0 Å². The molecule has 1 aromatic carbocycles. The van der Waals surface area contributed by atoms with Crippen molar-refractivity contribution in [3.63, 3.8) is 0 Å². The van der Waals surface area contributed by atoms with E-state index in [2.05, 4.69) is 0 Å². The van der Waals surface area contributed by atoms with Crippen LogP contribution in [0.5, 0.6) is 0 Å². The van der Waals surface area contributed by atoms with Crippen LogP contribution in [0.2, 0.25) is 0 Å². The second-order valence-corrected chi connectivity index (χ2v) is 7.25. The summed E-state index contributed by atoms with van der Waals surface area (Å²) in [6.07, 6.45) is 0. The van der Waals surface area contributed by atoms with Gasteiger partial charge in [0.1, 0.15) is 4.90 Å². The number of hydrogen-bond donors (Lipinski definition) is 1. The molecule has 0 aromatic heterocycles. The number of anilines is 1. The average Bonchev–Trinajstić information content (AvgIpc) is 2.69. The largest absolute Gasteiger partial charge is 0.397 e. The maximum absolute atomic E-state index is 14.0. The third kappa shape index (κ3) is 2.70. The highest BCUT2D eigenvalue weighted by Crippen LogP contribution is 2.33. The van der Waals surface area contributed by atoms with E-state index < -0.39 is 37.0 Å². The van der Waals surface area contributed by atoms with Crippen molar-refractivity contribution in [2.24, 2.45) is 11.8 Å². The van der Waals surface area contributed by atoms with Crippen LogP contribution in [-0.2, 0) is 10.0 Å². The molecule has 7 nitrogen and oxygen atoms in total. The van der Waals surface area contributed by atoms with Crippen LogP contribution in [0.1, 0.15) is 13.8 Å². The van der Waals surface area contributed by atoms with Crippen molar-refractivity contribution in [3.05, 3.63) is 28.1 Å². The molecule has 1 aliphatic rings. The minimum Gasteiger partial charge on any atom is -0.397 e. The molecule has 0 bridgehead atoms. The standard InChI is InChI=1S/C12H16FN3O4S/c1-7-5-15(6-8(7)2)21(19,20)12-10(13)3-9(16(17)18)4-11(12)14/h3-4,7-8H,5-6,14H2,1-2H3. The van der Waals surface area contributed by atoms with E-state index in [0.717, 1.165) is 6.07 Å². The summed E-state index contributed by atoms with van der Waals surface area (Å²) in [5.74, 6) is -0.891. The van der Waals surface area contributed by atoms with Gasteiger partial charge in [0, 0.05) is 19.2 Å². The van der Waals surface area contributed by atoms with Gasteiger partial charge in [0.15, 0.2) is 5.82 Å². The molecule has 1 heterocycles. The van der Waals surface area contributed by atoms with Gasteiger partial charge >= 0.3 is 0 Å². The summed E-state index contributed by atoms with van der Waals surface area (Å²) in [5, 5.41) is 10.6. The van der Waals surface area contributed by atoms with E-state index >= 15 is 0 Å². The Morgan fingerprint density at radius 2 is 1.86 bits per heavy atom. The number of hydrogen-bond acceptors (Lipinski definition) is 5. The van der Waals surface area contributed by atoms with Gasteiger partial charge in [-0.05, 0) is 11.8 Å². The van der Waals surface area contributed by atoms with Crippen molar-refractivity contribution in [3.8, 4) is 0 Å². The van der Waals surface area contributed by atoms with E-state index in [0.29, 0.717) is 6.07 Å². The lowest BCUT2D eigenvalue weighted by Crippen LogP contribution is -2.30. The Hall–Kier alpha value is -1.74. The molecule has 116 valence electrons. The molecule has 2 unspecified atom stereocenters. The van der Waals surface area contributed by atoms with Crippen molar-refractivity contribution in [1.29, 1.82) is 0 Å². The van der Waals surface area contributed by atoms with E-state index in [1.165, 1.54) is 4.31 Å². The lowest BCUT2D eigenvalue weighted by atomic mass is 10.0. The summed E-state index contributed by atoms with van der Waals surface area (Å²) in [6, 6.07) is 1.44. The first-order chi connectivity index (χ1) is 9.64. The van der Waals surface area contributed by atoms with Crippen LogP contribution in [0.25, 0.3) is 0 Å².